The number of benzene rings is 4. The highest BCUT2D eigenvalue weighted by molar-refractivity contribution is 6.09. The smallest absolute Gasteiger partial charge is 0.137 e. The van der Waals surface area contributed by atoms with Crippen LogP contribution in [0.1, 0.15) is 0 Å². The Labute approximate surface area is 213 Å². The molecule has 176 valence electrons. The van der Waals surface area contributed by atoms with Crippen molar-refractivity contribution < 1.29 is 4.74 Å². The number of nitrogens with zero attached hydrogens (tertiary/aromatic N) is 5. The minimum Gasteiger partial charge on any atom is -0.457 e. The first-order valence-corrected chi connectivity index (χ1v) is 12.0. The van der Waals surface area contributed by atoms with Gasteiger partial charge in [-0.15, -0.1) is 5.10 Å². The highest BCUT2D eigenvalue weighted by atomic mass is 16.5. The zero-order valence-corrected chi connectivity index (χ0v) is 19.8. The molecule has 0 N–H and O–H groups in total. The third-order valence-corrected chi connectivity index (χ3v) is 6.40. The SMILES string of the molecule is c1ccc(-c2cn(-c3cccc(Oc4ccc5c6ccccc6n(-c6ccccn6)c5c4)c3)nn2)cc1. The van der Waals surface area contributed by atoms with E-state index in [4.69, 9.17) is 4.74 Å². The number of pyridine rings is 1. The summed E-state index contributed by atoms with van der Waals surface area (Å²) in [7, 11) is 0. The Morgan fingerprint density at radius 2 is 1.43 bits per heavy atom. The van der Waals surface area contributed by atoms with Gasteiger partial charge in [0.2, 0.25) is 0 Å². The van der Waals surface area contributed by atoms with Crippen LogP contribution >= 0.6 is 0 Å². The largest absolute Gasteiger partial charge is 0.457 e. The van der Waals surface area contributed by atoms with E-state index in [1.165, 1.54) is 5.39 Å². The molecule has 0 spiro atoms. The summed E-state index contributed by atoms with van der Waals surface area (Å²) in [4.78, 5) is 4.61. The number of para-hydroxylation sites is 1. The molecule has 6 nitrogen and oxygen atoms in total. The molecule has 6 heteroatoms. The van der Waals surface area contributed by atoms with Crippen molar-refractivity contribution in [3.8, 4) is 34.3 Å². The average molecular weight is 480 g/mol. The summed E-state index contributed by atoms with van der Waals surface area (Å²) < 4.78 is 10.3. The molecule has 37 heavy (non-hydrogen) atoms. The molecule has 0 saturated carbocycles. The number of aromatic nitrogens is 5. The number of ether oxygens (including phenoxy) is 1. The van der Waals surface area contributed by atoms with Crippen LogP contribution in [-0.4, -0.2) is 24.5 Å². The third-order valence-electron chi connectivity index (χ3n) is 6.40. The minimum absolute atomic E-state index is 0.717. The fourth-order valence-corrected chi connectivity index (χ4v) is 4.70. The van der Waals surface area contributed by atoms with Crippen LogP contribution in [0.4, 0.5) is 0 Å². The number of fused-ring (bicyclic) bond motifs is 3. The maximum absolute atomic E-state index is 6.33. The lowest BCUT2D eigenvalue weighted by Crippen LogP contribution is -1.97. The molecule has 0 aliphatic heterocycles. The standard InChI is InChI=1S/C31H21N5O/c1-2-9-22(10-3-1)28-21-35(34-33-28)23-11-8-12-24(19-23)37-25-16-17-27-26-13-4-5-14-29(26)36(30(27)20-25)31-15-6-7-18-32-31/h1-21H. The van der Waals surface area contributed by atoms with Crippen molar-refractivity contribution >= 4 is 21.8 Å². The number of hydrogen-bond donors (Lipinski definition) is 0. The van der Waals surface area contributed by atoms with E-state index in [9.17, 15) is 0 Å². The molecule has 3 aromatic heterocycles. The molecule has 7 rings (SSSR count). The first-order chi connectivity index (χ1) is 18.3. The lowest BCUT2D eigenvalue weighted by molar-refractivity contribution is 0.482. The molecule has 0 bridgehead atoms. The van der Waals surface area contributed by atoms with Crippen LogP contribution < -0.4 is 4.74 Å². The first-order valence-electron chi connectivity index (χ1n) is 12.0. The number of rotatable bonds is 5. The van der Waals surface area contributed by atoms with Crippen LogP contribution in [0.15, 0.2) is 128 Å². The van der Waals surface area contributed by atoms with Crippen LogP contribution in [0.5, 0.6) is 11.5 Å². The first kappa shape index (κ1) is 21.1. The van der Waals surface area contributed by atoms with Gasteiger partial charge in [-0.2, -0.15) is 0 Å². The van der Waals surface area contributed by atoms with E-state index in [1.807, 2.05) is 91.3 Å². The van der Waals surface area contributed by atoms with E-state index in [0.717, 1.165) is 44.9 Å². The van der Waals surface area contributed by atoms with Gasteiger partial charge in [0.15, 0.2) is 0 Å². The normalized spacial score (nSPS) is 11.2. The van der Waals surface area contributed by atoms with Crippen molar-refractivity contribution in [3.63, 3.8) is 0 Å². The van der Waals surface area contributed by atoms with Gasteiger partial charge in [-0.3, -0.25) is 4.57 Å². The lowest BCUT2D eigenvalue weighted by atomic mass is 10.1. The van der Waals surface area contributed by atoms with Crippen molar-refractivity contribution in [1.29, 1.82) is 0 Å². The molecular weight excluding hydrogens is 458 g/mol. The Kier molecular flexibility index (Phi) is 5.00. The van der Waals surface area contributed by atoms with Gasteiger partial charge >= 0.3 is 0 Å². The maximum atomic E-state index is 6.33. The van der Waals surface area contributed by atoms with Gasteiger partial charge in [-0.1, -0.05) is 65.9 Å². The second-order valence-corrected chi connectivity index (χ2v) is 8.73. The van der Waals surface area contributed by atoms with Gasteiger partial charge in [0.05, 0.1) is 22.9 Å². The molecule has 0 unspecified atom stereocenters. The van der Waals surface area contributed by atoms with Crippen LogP contribution in [-0.2, 0) is 0 Å². The monoisotopic (exact) mass is 479 g/mol. The quantitative estimate of drug-likeness (QED) is 0.262. The summed E-state index contributed by atoms with van der Waals surface area (Å²) in [5.74, 6) is 2.33. The molecule has 4 aromatic carbocycles. The number of hydrogen-bond acceptors (Lipinski definition) is 4. The molecule has 0 aliphatic rings. The Bertz CT molecular complexity index is 1860. The van der Waals surface area contributed by atoms with E-state index in [0.29, 0.717) is 5.75 Å². The van der Waals surface area contributed by atoms with Gasteiger partial charge < -0.3 is 4.74 Å². The van der Waals surface area contributed by atoms with Gasteiger partial charge in [0.1, 0.15) is 23.0 Å². The fourth-order valence-electron chi connectivity index (χ4n) is 4.70. The second-order valence-electron chi connectivity index (χ2n) is 8.73. The fraction of sp³-hybridized carbons (Fsp3) is 0. The van der Waals surface area contributed by atoms with Crippen LogP contribution in [0.25, 0.3) is 44.6 Å². The summed E-state index contributed by atoms with van der Waals surface area (Å²) in [6.45, 7) is 0. The van der Waals surface area contributed by atoms with E-state index < -0.39 is 0 Å². The summed E-state index contributed by atoms with van der Waals surface area (Å²) in [6.07, 6.45) is 3.74. The molecule has 0 aliphatic carbocycles. The summed E-state index contributed by atoms with van der Waals surface area (Å²) in [6, 6.07) is 38.4. The lowest BCUT2D eigenvalue weighted by Gasteiger charge is -2.10. The average Bonchev–Trinajstić information content (AvgIpc) is 3.58. The third kappa shape index (κ3) is 3.81. The summed E-state index contributed by atoms with van der Waals surface area (Å²) in [5, 5.41) is 11.0. The highest BCUT2D eigenvalue weighted by Gasteiger charge is 2.14. The molecule has 3 heterocycles. The van der Waals surface area contributed by atoms with Gasteiger partial charge in [-0.25, -0.2) is 9.67 Å². The van der Waals surface area contributed by atoms with Gasteiger partial charge in [0.25, 0.3) is 0 Å². The topological polar surface area (TPSA) is 57.8 Å². The van der Waals surface area contributed by atoms with Gasteiger partial charge in [-0.05, 0) is 42.5 Å². The van der Waals surface area contributed by atoms with Gasteiger partial charge in [0, 0.05) is 34.7 Å². The zero-order valence-electron chi connectivity index (χ0n) is 19.8. The van der Waals surface area contributed by atoms with E-state index in [-0.39, 0.29) is 0 Å². The molecule has 0 fully saturated rings. The van der Waals surface area contributed by atoms with Crippen molar-refractivity contribution in [2.45, 2.75) is 0 Å². The zero-order chi connectivity index (χ0) is 24.6. The molecule has 7 aromatic rings. The van der Waals surface area contributed by atoms with Crippen molar-refractivity contribution in [2.24, 2.45) is 0 Å². The molecule has 0 atom stereocenters. The van der Waals surface area contributed by atoms with Crippen LogP contribution in [0, 0.1) is 0 Å². The minimum atomic E-state index is 0.717. The van der Waals surface area contributed by atoms with E-state index in [1.54, 1.807) is 4.68 Å². The Balaban J connectivity index is 1.26. The highest BCUT2D eigenvalue weighted by Crippen LogP contribution is 2.35. The molecule has 0 amide bonds. The van der Waals surface area contributed by atoms with Crippen LogP contribution in [0.2, 0.25) is 0 Å². The van der Waals surface area contributed by atoms with Crippen molar-refractivity contribution in [1.82, 2.24) is 24.5 Å². The molecule has 0 saturated heterocycles. The predicted octanol–water partition coefficient (Wildman–Crippen LogP) is 7.22. The van der Waals surface area contributed by atoms with E-state index >= 15 is 0 Å². The summed E-state index contributed by atoms with van der Waals surface area (Å²) >= 11 is 0. The molecular formula is C31H21N5O. The van der Waals surface area contributed by atoms with Crippen molar-refractivity contribution in [3.05, 3.63) is 128 Å². The van der Waals surface area contributed by atoms with Crippen molar-refractivity contribution in [2.75, 3.05) is 0 Å². The Hall–Kier alpha value is -5.23. The summed E-state index contributed by atoms with van der Waals surface area (Å²) in [5.41, 5.74) is 4.86. The molecule has 0 radical (unpaired) electrons. The maximum Gasteiger partial charge on any atom is 0.137 e. The van der Waals surface area contributed by atoms with Crippen LogP contribution in [0.3, 0.4) is 0 Å². The Morgan fingerprint density at radius 1 is 0.622 bits per heavy atom. The van der Waals surface area contributed by atoms with E-state index in [2.05, 4.69) is 56.3 Å². The second kappa shape index (κ2) is 8.77. The predicted molar refractivity (Wildman–Crippen MR) is 145 cm³/mol. The Morgan fingerprint density at radius 3 is 2.32 bits per heavy atom.